The molecule has 2 atom stereocenters. The molecule has 0 aromatic carbocycles. The highest BCUT2D eigenvalue weighted by Gasteiger charge is 2.09. The first-order valence-electron chi connectivity index (χ1n) is 5.83. The Morgan fingerprint density at radius 1 is 1.00 bits per heavy atom. The van der Waals surface area contributed by atoms with E-state index < -0.39 is 27.1 Å². The predicted octanol–water partition coefficient (Wildman–Crippen LogP) is 1.23. The van der Waals surface area contributed by atoms with Crippen molar-refractivity contribution in [2.24, 2.45) is 0 Å². The van der Waals surface area contributed by atoms with E-state index in [4.69, 9.17) is 8.23 Å². The van der Waals surface area contributed by atoms with Crippen molar-refractivity contribution in [1.29, 1.82) is 0 Å². The van der Waals surface area contributed by atoms with Crippen LogP contribution in [0.5, 0.6) is 0 Å². The fraction of sp³-hybridized carbons (Fsp3) is 1.00. The summed E-state index contributed by atoms with van der Waals surface area (Å²) in [6, 6.07) is 2.72. The van der Waals surface area contributed by atoms with E-state index in [1.165, 1.54) is 18.5 Å². The van der Waals surface area contributed by atoms with Crippen molar-refractivity contribution in [3.8, 4) is 0 Å². The second-order valence-electron chi connectivity index (χ2n) is 4.19. The molecule has 0 aromatic rings. The lowest BCUT2D eigenvalue weighted by molar-refractivity contribution is 0.590. The number of hydrogen-bond acceptors (Lipinski definition) is 2. The monoisotopic (exact) mass is 266 g/mol. The molecule has 0 aliphatic carbocycles. The Morgan fingerprint density at radius 2 is 1.57 bits per heavy atom. The van der Waals surface area contributed by atoms with Gasteiger partial charge in [-0.3, -0.25) is 0 Å². The largest absolute Gasteiger partial charge is 0.463 e. The molecule has 0 amide bonds. The summed E-state index contributed by atoms with van der Waals surface area (Å²) in [5.41, 5.74) is 0. The Morgan fingerprint density at radius 3 is 2.07 bits per heavy atom. The van der Waals surface area contributed by atoms with Gasteiger partial charge < -0.3 is 8.23 Å². The maximum Gasteiger partial charge on any atom is 0.159 e. The van der Waals surface area contributed by atoms with E-state index in [1.54, 1.807) is 0 Å². The zero-order valence-corrected chi connectivity index (χ0v) is 15.3. The van der Waals surface area contributed by atoms with Gasteiger partial charge in [0.25, 0.3) is 0 Å². The van der Waals surface area contributed by atoms with Gasteiger partial charge in [0.05, 0.1) is 0 Å². The summed E-state index contributed by atoms with van der Waals surface area (Å²) in [5.74, 6) is 0. The third-order valence-electron chi connectivity index (χ3n) is 2.18. The maximum absolute atomic E-state index is 5.95. The summed E-state index contributed by atoms with van der Waals surface area (Å²) in [6.45, 7) is 11.4. The second-order valence-corrected chi connectivity index (χ2v) is 13.7. The van der Waals surface area contributed by atoms with Crippen LogP contribution >= 0.6 is 0 Å². The Bertz CT molecular complexity index is 135. The molecule has 0 rings (SSSR count). The molecule has 2 nitrogen and oxygen atoms in total. The minimum absolute atomic E-state index is 0.150. The van der Waals surface area contributed by atoms with Crippen LogP contribution in [0.25, 0.3) is 0 Å². The van der Waals surface area contributed by atoms with Crippen LogP contribution in [0.15, 0.2) is 0 Å². The molecule has 0 saturated carbocycles. The minimum Gasteiger partial charge on any atom is -0.463 e. The van der Waals surface area contributed by atoms with Gasteiger partial charge in [-0.15, -0.1) is 0 Å². The van der Waals surface area contributed by atoms with Crippen LogP contribution in [0.2, 0.25) is 44.8 Å². The lowest BCUT2D eigenvalue weighted by Gasteiger charge is -2.15. The van der Waals surface area contributed by atoms with E-state index in [2.05, 4.69) is 32.7 Å². The maximum atomic E-state index is 5.95. The van der Waals surface area contributed by atoms with Gasteiger partial charge in [0.15, 0.2) is 27.1 Å². The molecule has 6 heteroatoms. The highest BCUT2D eigenvalue weighted by molar-refractivity contribution is 6.64. The first kappa shape index (κ1) is 14.8. The molecule has 0 aromatic heterocycles. The molecule has 0 radical (unpaired) electrons. The molecular weight excluding hydrogens is 240 g/mol. The van der Waals surface area contributed by atoms with Gasteiger partial charge >= 0.3 is 0 Å². The summed E-state index contributed by atoms with van der Waals surface area (Å²) >= 11 is 0. The van der Waals surface area contributed by atoms with Gasteiger partial charge in [0, 0.05) is 0 Å². The van der Waals surface area contributed by atoms with Crippen molar-refractivity contribution in [3.05, 3.63) is 0 Å². The summed E-state index contributed by atoms with van der Waals surface area (Å²) in [7, 11) is -2.47. The van der Waals surface area contributed by atoms with Crippen LogP contribution in [0.3, 0.4) is 0 Å². The lowest BCUT2D eigenvalue weighted by atomic mass is 10.6. The van der Waals surface area contributed by atoms with Crippen molar-refractivity contribution >= 4 is 36.9 Å². The third kappa shape index (κ3) is 9.35. The lowest BCUT2D eigenvalue weighted by Crippen LogP contribution is -2.22. The Hall–Kier alpha value is 0.788. The SMILES string of the molecule is C[SiH2]O[SiH](C)CCC[SiH](C)O[SiH](C)C. The molecule has 0 heterocycles. The van der Waals surface area contributed by atoms with Gasteiger partial charge in [-0.25, -0.2) is 0 Å². The van der Waals surface area contributed by atoms with Crippen LogP contribution in [0.4, 0.5) is 0 Å². The Labute approximate surface area is 96.5 Å². The summed E-state index contributed by atoms with van der Waals surface area (Å²) in [5, 5.41) is 0. The molecule has 0 spiro atoms. The van der Waals surface area contributed by atoms with Gasteiger partial charge in [-0.05, 0) is 38.3 Å². The zero-order valence-electron chi connectivity index (χ0n) is 10.4. The summed E-state index contributed by atoms with van der Waals surface area (Å²) in [4.78, 5) is 0. The van der Waals surface area contributed by atoms with Gasteiger partial charge in [-0.2, -0.15) is 0 Å². The van der Waals surface area contributed by atoms with Crippen LogP contribution in [-0.2, 0) is 8.23 Å². The van der Waals surface area contributed by atoms with Gasteiger partial charge in [-0.1, -0.05) is 13.0 Å². The first-order valence-corrected chi connectivity index (χ1v) is 15.5. The van der Waals surface area contributed by atoms with Crippen LogP contribution < -0.4 is 0 Å². The molecule has 2 unspecified atom stereocenters. The molecule has 0 aliphatic rings. The average Bonchev–Trinajstić information content (AvgIpc) is 2.02. The molecule has 0 bridgehead atoms. The highest BCUT2D eigenvalue weighted by Crippen LogP contribution is 2.07. The van der Waals surface area contributed by atoms with Gasteiger partial charge in [0.1, 0.15) is 9.76 Å². The smallest absolute Gasteiger partial charge is 0.159 e. The third-order valence-corrected chi connectivity index (χ3v) is 12.3. The molecule has 0 saturated heterocycles. The Kier molecular flexibility index (Phi) is 9.55. The van der Waals surface area contributed by atoms with E-state index in [1.807, 2.05) is 0 Å². The molecule has 14 heavy (non-hydrogen) atoms. The van der Waals surface area contributed by atoms with Gasteiger partial charge in [0.2, 0.25) is 0 Å². The van der Waals surface area contributed by atoms with E-state index in [0.29, 0.717) is 0 Å². The first-order chi connectivity index (χ1) is 6.56. The van der Waals surface area contributed by atoms with Crippen molar-refractivity contribution in [2.45, 2.75) is 51.2 Å². The van der Waals surface area contributed by atoms with E-state index in [-0.39, 0.29) is 9.76 Å². The zero-order chi connectivity index (χ0) is 11.0. The normalized spacial score (nSPS) is 16.7. The molecular formula is C8H26O2Si4. The highest BCUT2D eigenvalue weighted by atomic mass is 28.4. The average molecular weight is 267 g/mol. The van der Waals surface area contributed by atoms with Crippen LogP contribution in [-0.4, -0.2) is 36.9 Å². The van der Waals surface area contributed by atoms with Crippen molar-refractivity contribution < 1.29 is 8.23 Å². The topological polar surface area (TPSA) is 18.5 Å². The molecule has 0 N–H and O–H groups in total. The van der Waals surface area contributed by atoms with Crippen molar-refractivity contribution in [3.63, 3.8) is 0 Å². The van der Waals surface area contributed by atoms with Crippen molar-refractivity contribution in [1.82, 2.24) is 0 Å². The van der Waals surface area contributed by atoms with E-state index >= 15 is 0 Å². The second kappa shape index (κ2) is 9.05. The number of hydrogen-bond donors (Lipinski definition) is 0. The van der Waals surface area contributed by atoms with Crippen LogP contribution in [0, 0.1) is 0 Å². The van der Waals surface area contributed by atoms with Crippen molar-refractivity contribution in [2.75, 3.05) is 0 Å². The van der Waals surface area contributed by atoms with Crippen LogP contribution in [0.1, 0.15) is 6.42 Å². The quantitative estimate of drug-likeness (QED) is 0.616. The predicted molar refractivity (Wildman–Crippen MR) is 75.7 cm³/mol. The molecule has 0 aliphatic heterocycles. The molecule has 86 valence electrons. The molecule has 0 fully saturated rings. The van der Waals surface area contributed by atoms with E-state index in [0.717, 1.165) is 0 Å². The summed E-state index contributed by atoms with van der Waals surface area (Å²) < 4.78 is 11.7. The minimum atomic E-state index is -0.799. The summed E-state index contributed by atoms with van der Waals surface area (Å²) in [6.07, 6.45) is 1.36. The standard InChI is InChI=1S/C8H26O2Si4/c1-11-9-13(4)7-6-8-14(5)10-12(2)3/h12-14H,6-8,11H2,1-5H3. The fourth-order valence-corrected chi connectivity index (χ4v) is 10.9. The number of rotatable bonds is 8. The fourth-order valence-electron chi connectivity index (χ4n) is 1.59. The Balaban J connectivity index is 3.34. The van der Waals surface area contributed by atoms with E-state index in [9.17, 15) is 0 Å².